The van der Waals surface area contributed by atoms with Gasteiger partial charge in [0.05, 0.1) is 12.3 Å². The summed E-state index contributed by atoms with van der Waals surface area (Å²) in [4.78, 5) is 25.1. The molecule has 5 rings (SSSR count). The molecule has 0 saturated carbocycles. The maximum absolute atomic E-state index is 12.4. The van der Waals surface area contributed by atoms with Crippen molar-refractivity contribution in [3.63, 3.8) is 0 Å². The number of amides is 1. The highest BCUT2D eigenvalue weighted by Crippen LogP contribution is 2.47. The fourth-order valence-electron chi connectivity index (χ4n) is 4.23. The largest absolute Gasteiger partial charge is 0.459 e. The quantitative estimate of drug-likeness (QED) is 0.703. The third-order valence-electron chi connectivity index (χ3n) is 5.48. The minimum atomic E-state index is -0.0468. The van der Waals surface area contributed by atoms with Gasteiger partial charge in [0.15, 0.2) is 5.76 Å². The van der Waals surface area contributed by atoms with Crippen LogP contribution in [-0.2, 0) is 0 Å². The standard InChI is InChI=1S/C19H19N5O3/c1-23-10-19(11-24(12-19)18(25)15-3-2-8-26-15)9-14(23)17-21-16(22-27-17)13-4-6-20-7-5-13/h2-8,14H,9-12H2,1H3. The molecule has 2 aliphatic heterocycles. The van der Waals surface area contributed by atoms with Crippen LogP contribution in [0.4, 0.5) is 0 Å². The monoisotopic (exact) mass is 365 g/mol. The molecule has 1 unspecified atom stereocenters. The van der Waals surface area contributed by atoms with Gasteiger partial charge in [0, 0.05) is 43.0 Å². The van der Waals surface area contributed by atoms with Crippen molar-refractivity contribution in [3.8, 4) is 11.4 Å². The number of carbonyl (C=O) groups is 1. The lowest BCUT2D eigenvalue weighted by molar-refractivity contribution is 0.00904. The lowest BCUT2D eigenvalue weighted by Crippen LogP contribution is -2.59. The molecule has 3 aromatic rings. The highest BCUT2D eigenvalue weighted by Gasteiger charge is 2.53. The van der Waals surface area contributed by atoms with Crippen LogP contribution in [0, 0.1) is 5.41 Å². The molecule has 0 radical (unpaired) electrons. The van der Waals surface area contributed by atoms with Crippen LogP contribution in [0.25, 0.3) is 11.4 Å². The summed E-state index contributed by atoms with van der Waals surface area (Å²) >= 11 is 0. The van der Waals surface area contributed by atoms with Crippen LogP contribution in [0.1, 0.15) is 28.9 Å². The van der Waals surface area contributed by atoms with Crippen molar-refractivity contribution in [2.45, 2.75) is 12.5 Å². The fourth-order valence-corrected chi connectivity index (χ4v) is 4.23. The molecule has 2 saturated heterocycles. The van der Waals surface area contributed by atoms with E-state index in [2.05, 4.69) is 27.1 Å². The Morgan fingerprint density at radius 2 is 2.04 bits per heavy atom. The van der Waals surface area contributed by atoms with Gasteiger partial charge < -0.3 is 13.8 Å². The number of nitrogens with zero attached hydrogens (tertiary/aromatic N) is 5. The molecule has 138 valence electrons. The van der Waals surface area contributed by atoms with E-state index >= 15 is 0 Å². The van der Waals surface area contributed by atoms with Gasteiger partial charge in [0.25, 0.3) is 5.91 Å². The summed E-state index contributed by atoms with van der Waals surface area (Å²) in [6.45, 7) is 2.34. The number of aromatic nitrogens is 3. The van der Waals surface area contributed by atoms with E-state index in [-0.39, 0.29) is 17.4 Å². The first-order valence-electron chi connectivity index (χ1n) is 8.91. The summed E-state index contributed by atoms with van der Waals surface area (Å²) in [6, 6.07) is 7.22. The van der Waals surface area contributed by atoms with E-state index in [1.807, 2.05) is 17.0 Å². The summed E-state index contributed by atoms with van der Waals surface area (Å²) in [5, 5.41) is 4.12. The maximum Gasteiger partial charge on any atom is 0.289 e. The molecule has 27 heavy (non-hydrogen) atoms. The lowest BCUT2D eigenvalue weighted by atomic mass is 9.77. The van der Waals surface area contributed by atoms with Crippen molar-refractivity contribution in [1.82, 2.24) is 24.9 Å². The first-order valence-corrected chi connectivity index (χ1v) is 8.91. The number of pyridine rings is 1. The number of likely N-dealkylation sites (tertiary alicyclic amines) is 2. The molecule has 2 fully saturated rings. The zero-order valence-corrected chi connectivity index (χ0v) is 14.9. The van der Waals surface area contributed by atoms with Gasteiger partial charge in [-0.3, -0.25) is 14.7 Å². The van der Waals surface area contributed by atoms with Gasteiger partial charge in [-0.15, -0.1) is 0 Å². The fraction of sp³-hybridized carbons (Fsp3) is 0.368. The molecule has 0 bridgehead atoms. The Hall–Kier alpha value is -3.00. The zero-order chi connectivity index (χ0) is 18.4. The van der Waals surface area contributed by atoms with Gasteiger partial charge in [0.1, 0.15) is 0 Å². The van der Waals surface area contributed by atoms with Crippen molar-refractivity contribution in [1.29, 1.82) is 0 Å². The van der Waals surface area contributed by atoms with E-state index < -0.39 is 0 Å². The molecule has 0 N–H and O–H groups in total. The van der Waals surface area contributed by atoms with Crippen molar-refractivity contribution in [2.75, 3.05) is 26.7 Å². The number of carbonyl (C=O) groups excluding carboxylic acids is 1. The minimum Gasteiger partial charge on any atom is -0.459 e. The Kier molecular flexibility index (Phi) is 3.61. The topological polar surface area (TPSA) is 88.5 Å². The van der Waals surface area contributed by atoms with E-state index in [4.69, 9.17) is 8.94 Å². The van der Waals surface area contributed by atoms with Crippen LogP contribution in [0.3, 0.4) is 0 Å². The molecule has 1 spiro atoms. The second-order valence-corrected chi connectivity index (χ2v) is 7.47. The molecule has 5 heterocycles. The van der Waals surface area contributed by atoms with Crippen LogP contribution in [-0.4, -0.2) is 57.5 Å². The zero-order valence-electron chi connectivity index (χ0n) is 14.9. The van der Waals surface area contributed by atoms with Crippen molar-refractivity contribution in [2.24, 2.45) is 5.41 Å². The number of hydrogen-bond acceptors (Lipinski definition) is 7. The Bertz CT molecular complexity index is 947. The minimum absolute atomic E-state index is 0.0468. The normalized spacial score (nSPS) is 21.5. The molecule has 8 nitrogen and oxygen atoms in total. The maximum atomic E-state index is 12.4. The van der Waals surface area contributed by atoms with Crippen molar-refractivity contribution >= 4 is 5.91 Å². The Balaban J connectivity index is 1.29. The van der Waals surface area contributed by atoms with Crippen LogP contribution < -0.4 is 0 Å². The third kappa shape index (κ3) is 2.73. The number of hydrogen-bond donors (Lipinski definition) is 0. The van der Waals surface area contributed by atoms with Crippen LogP contribution in [0.2, 0.25) is 0 Å². The predicted molar refractivity (Wildman–Crippen MR) is 94.6 cm³/mol. The van der Waals surface area contributed by atoms with Crippen LogP contribution >= 0.6 is 0 Å². The summed E-state index contributed by atoms with van der Waals surface area (Å²) in [6.07, 6.45) is 5.84. The second kappa shape index (κ2) is 6.02. The van der Waals surface area contributed by atoms with Gasteiger partial charge >= 0.3 is 0 Å². The van der Waals surface area contributed by atoms with Crippen LogP contribution in [0.5, 0.6) is 0 Å². The number of rotatable bonds is 3. The molecular formula is C19H19N5O3. The van der Waals surface area contributed by atoms with Crippen molar-refractivity contribution < 1.29 is 13.7 Å². The Morgan fingerprint density at radius 3 is 2.78 bits per heavy atom. The van der Waals surface area contributed by atoms with Gasteiger partial charge in [-0.1, -0.05) is 5.16 Å². The van der Waals surface area contributed by atoms with Crippen LogP contribution in [0.15, 0.2) is 51.9 Å². The van der Waals surface area contributed by atoms with E-state index in [1.54, 1.807) is 24.5 Å². The average Bonchev–Trinajstić information content (AvgIpc) is 3.40. The smallest absolute Gasteiger partial charge is 0.289 e. The predicted octanol–water partition coefficient (Wildman–Crippen LogP) is 2.24. The molecule has 2 aliphatic rings. The Morgan fingerprint density at radius 1 is 1.22 bits per heavy atom. The average molecular weight is 365 g/mol. The molecule has 8 heteroatoms. The van der Waals surface area contributed by atoms with Crippen molar-refractivity contribution in [3.05, 3.63) is 54.6 Å². The Labute approximate surface area is 155 Å². The highest BCUT2D eigenvalue weighted by atomic mass is 16.5. The summed E-state index contributed by atoms with van der Waals surface area (Å²) < 4.78 is 10.8. The second-order valence-electron chi connectivity index (χ2n) is 7.47. The van der Waals surface area contributed by atoms with Gasteiger partial charge in [-0.05, 0) is 37.7 Å². The molecule has 0 aromatic carbocycles. The molecule has 3 aromatic heterocycles. The molecule has 1 amide bonds. The van der Waals surface area contributed by atoms with E-state index in [9.17, 15) is 4.79 Å². The SMILES string of the molecule is CN1CC2(CC1c1nc(-c3ccncc3)no1)CN(C(=O)c1ccco1)C2. The van der Waals surface area contributed by atoms with Gasteiger partial charge in [0.2, 0.25) is 11.7 Å². The summed E-state index contributed by atoms with van der Waals surface area (Å²) in [5.41, 5.74) is 0.960. The van der Waals surface area contributed by atoms with E-state index in [0.717, 1.165) is 31.6 Å². The first-order chi connectivity index (χ1) is 13.1. The molecule has 1 atom stereocenters. The molecular weight excluding hydrogens is 346 g/mol. The first kappa shape index (κ1) is 16.2. The number of furan rings is 1. The summed E-state index contributed by atoms with van der Waals surface area (Å²) in [7, 11) is 2.06. The van der Waals surface area contributed by atoms with Gasteiger partial charge in [-0.2, -0.15) is 4.98 Å². The molecule has 0 aliphatic carbocycles. The van der Waals surface area contributed by atoms with Gasteiger partial charge in [-0.25, -0.2) is 0 Å². The lowest BCUT2D eigenvalue weighted by Gasteiger charge is -2.47. The highest BCUT2D eigenvalue weighted by molar-refractivity contribution is 5.92. The van der Waals surface area contributed by atoms with E-state index in [0.29, 0.717) is 17.5 Å². The third-order valence-corrected chi connectivity index (χ3v) is 5.48. The van der Waals surface area contributed by atoms with E-state index in [1.165, 1.54) is 6.26 Å². The summed E-state index contributed by atoms with van der Waals surface area (Å²) in [5.74, 6) is 1.54.